The van der Waals surface area contributed by atoms with E-state index >= 15 is 0 Å². The molecule has 0 saturated carbocycles. The maximum absolute atomic E-state index is 12.6. The Morgan fingerprint density at radius 1 is 1.25 bits per heavy atom. The molecule has 1 aromatic carbocycles. The van der Waals surface area contributed by atoms with E-state index < -0.39 is 0 Å². The minimum absolute atomic E-state index is 0.00430. The summed E-state index contributed by atoms with van der Waals surface area (Å²) in [7, 11) is 3.56. The highest BCUT2D eigenvalue weighted by molar-refractivity contribution is 5.93. The largest absolute Gasteiger partial charge is 0.497 e. The molecule has 2 aromatic rings. The van der Waals surface area contributed by atoms with Gasteiger partial charge in [0.25, 0.3) is 5.91 Å². The lowest BCUT2D eigenvalue weighted by Gasteiger charge is -2.34. The van der Waals surface area contributed by atoms with Crippen molar-refractivity contribution in [2.75, 3.05) is 40.3 Å². The molecule has 0 radical (unpaired) electrons. The molecule has 1 aliphatic rings. The Morgan fingerprint density at radius 3 is 2.64 bits per heavy atom. The van der Waals surface area contributed by atoms with Crippen LogP contribution in [0.3, 0.4) is 0 Å². The second-order valence-corrected chi connectivity index (χ2v) is 7.61. The van der Waals surface area contributed by atoms with E-state index in [2.05, 4.69) is 27.0 Å². The number of ether oxygens (including phenoxy) is 1. The number of aryl methyl sites for hydroxylation is 1. The SMILES string of the molecule is COc1ccc(CCN2CCC[C@H](CN(C)C(=O)c3cnc(C)nc3)C2)cc1. The van der Waals surface area contributed by atoms with Gasteiger partial charge in [0.15, 0.2) is 0 Å². The third kappa shape index (κ3) is 5.52. The zero-order valence-corrected chi connectivity index (χ0v) is 17.1. The number of carbonyl (C=O) groups is 1. The van der Waals surface area contributed by atoms with Gasteiger partial charge >= 0.3 is 0 Å². The fourth-order valence-electron chi connectivity index (χ4n) is 3.78. The van der Waals surface area contributed by atoms with Crippen LogP contribution < -0.4 is 4.74 Å². The van der Waals surface area contributed by atoms with Crippen molar-refractivity contribution in [1.82, 2.24) is 19.8 Å². The summed E-state index contributed by atoms with van der Waals surface area (Å²) in [6, 6.07) is 8.31. The topological polar surface area (TPSA) is 58.6 Å². The van der Waals surface area contributed by atoms with Crippen LogP contribution in [0.25, 0.3) is 0 Å². The monoisotopic (exact) mass is 382 g/mol. The van der Waals surface area contributed by atoms with Gasteiger partial charge in [-0.25, -0.2) is 9.97 Å². The Morgan fingerprint density at radius 2 is 1.96 bits per heavy atom. The molecule has 0 aliphatic carbocycles. The molecule has 2 heterocycles. The van der Waals surface area contributed by atoms with E-state index in [-0.39, 0.29) is 5.91 Å². The minimum atomic E-state index is -0.00430. The summed E-state index contributed by atoms with van der Waals surface area (Å²) >= 11 is 0. The first-order valence-corrected chi connectivity index (χ1v) is 9.94. The Kier molecular flexibility index (Phi) is 6.98. The van der Waals surface area contributed by atoms with Gasteiger partial charge in [0.2, 0.25) is 0 Å². The maximum atomic E-state index is 12.6. The molecular formula is C22H30N4O2. The molecule has 6 heteroatoms. The molecule has 28 heavy (non-hydrogen) atoms. The summed E-state index contributed by atoms with van der Waals surface area (Å²) in [6.45, 7) is 5.81. The molecule has 0 unspecified atom stereocenters. The van der Waals surface area contributed by atoms with Crippen LogP contribution in [0.5, 0.6) is 5.75 Å². The number of amides is 1. The number of nitrogens with zero attached hydrogens (tertiary/aromatic N) is 4. The predicted molar refractivity (Wildman–Crippen MR) is 110 cm³/mol. The van der Waals surface area contributed by atoms with Crippen LogP contribution in [0.4, 0.5) is 0 Å². The predicted octanol–water partition coefficient (Wildman–Crippen LogP) is 2.82. The summed E-state index contributed by atoms with van der Waals surface area (Å²) < 4.78 is 5.22. The fraction of sp³-hybridized carbons (Fsp3) is 0.500. The van der Waals surface area contributed by atoms with E-state index in [9.17, 15) is 4.79 Å². The van der Waals surface area contributed by atoms with Gasteiger partial charge in [-0.05, 0) is 56.3 Å². The van der Waals surface area contributed by atoms with E-state index in [1.165, 1.54) is 18.4 Å². The van der Waals surface area contributed by atoms with Crippen LogP contribution in [0, 0.1) is 12.8 Å². The first-order valence-electron chi connectivity index (χ1n) is 9.94. The smallest absolute Gasteiger partial charge is 0.256 e. The van der Waals surface area contributed by atoms with Crippen LogP contribution in [0.2, 0.25) is 0 Å². The lowest BCUT2D eigenvalue weighted by Crippen LogP contribution is -2.42. The van der Waals surface area contributed by atoms with Crippen LogP contribution in [0.15, 0.2) is 36.7 Å². The van der Waals surface area contributed by atoms with Gasteiger partial charge in [-0.2, -0.15) is 0 Å². The van der Waals surface area contributed by atoms with Crippen molar-refractivity contribution in [3.05, 3.63) is 53.6 Å². The molecule has 0 spiro atoms. The maximum Gasteiger partial charge on any atom is 0.256 e. The van der Waals surface area contributed by atoms with Gasteiger partial charge < -0.3 is 14.5 Å². The van der Waals surface area contributed by atoms with Gasteiger partial charge in [-0.3, -0.25) is 4.79 Å². The number of methoxy groups -OCH3 is 1. The summed E-state index contributed by atoms with van der Waals surface area (Å²) in [5.41, 5.74) is 1.88. The van der Waals surface area contributed by atoms with Crippen LogP contribution in [-0.2, 0) is 6.42 Å². The van der Waals surface area contributed by atoms with Crippen molar-refractivity contribution in [2.24, 2.45) is 5.92 Å². The summed E-state index contributed by atoms with van der Waals surface area (Å²) in [5.74, 6) is 2.08. The third-order valence-electron chi connectivity index (χ3n) is 5.39. The van der Waals surface area contributed by atoms with E-state index in [0.717, 1.165) is 38.3 Å². The first kappa shape index (κ1) is 20.3. The minimum Gasteiger partial charge on any atom is -0.497 e. The molecule has 6 nitrogen and oxygen atoms in total. The number of hydrogen-bond acceptors (Lipinski definition) is 5. The Bertz CT molecular complexity index is 761. The normalized spacial score (nSPS) is 17.3. The van der Waals surface area contributed by atoms with Crippen molar-refractivity contribution in [3.63, 3.8) is 0 Å². The lowest BCUT2D eigenvalue weighted by molar-refractivity contribution is 0.0729. The van der Waals surface area contributed by atoms with Gasteiger partial charge in [0.1, 0.15) is 11.6 Å². The van der Waals surface area contributed by atoms with Gasteiger partial charge in [-0.1, -0.05) is 12.1 Å². The van der Waals surface area contributed by atoms with Gasteiger partial charge in [-0.15, -0.1) is 0 Å². The highest BCUT2D eigenvalue weighted by Crippen LogP contribution is 2.19. The molecule has 0 N–H and O–H groups in total. The number of likely N-dealkylation sites (tertiary alicyclic amines) is 1. The molecule has 1 fully saturated rings. The first-order chi connectivity index (χ1) is 13.5. The standard InChI is InChI=1S/C22H30N4O2/c1-17-23-13-20(14-24-17)22(27)25(2)15-19-5-4-11-26(16-19)12-10-18-6-8-21(28-3)9-7-18/h6-9,13-14,19H,4-5,10-12,15-16H2,1-3H3/t19-/m1/s1. The van der Waals surface area contributed by atoms with Crippen molar-refractivity contribution >= 4 is 5.91 Å². The molecule has 1 aromatic heterocycles. The highest BCUT2D eigenvalue weighted by atomic mass is 16.5. The van der Waals surface area contributed by atoms with Crippen molar-refractivity contribution in [1.29, 1.82) is 0 Å². The second kappa shape index (κ2) is 9.64. The van der Waals surface area contributed by atoms with E-state index in [4.69, 9.17) is 4.74 Å². The van der Waals surface area contributed by atoms with E-state index in [1.54, 1.807) is 19.5 Å². The Balaban J connectivity index is 1.48. The summed E-state index contributed by atoms with van der Waals surface area (Å²) in [4.78, 5) is 25.2. The van der Waals surface area contributed by atoms with Crippen molar-refractivity contribution in [3.8, 4) is 5.75 Å². The summed E-state index contributed by atoms with van der Waals surface area (Å²) in [5, 5.41) is 0. The summed E-state index contributed by atoms with van der Waals surface area (Å²) in [6.07, 6.45) is 6.61. The molecular weight excluding hydrogens is 352 g/mol. The van der Waals surface area contributed by atoms with Crippen LogP contribution in [0.1, 0.15) is 34.6 Å². The van der Waals surface area contributed by atoms with Gasteiger partial charge in [0, 0.05) is 39.1 Å². The molecule has 1 saturated heterocycles. The Labute approximate surface area is 167 Å². The lowest BCUT2D eigenvalue weighted by atomic mass is 9.97. The molecule has 1 atom stereocenters. The average molecular weight is 383 g/mol. The van der Waals surface area contributed by atoms with Crippen LogP contribution in [-0.4, -0.2) is 66.0 Å². The Hall–Kier alpha value is -2.47. The van der Waals surface area contributed by atoms with Gasteiger partial charge in [0.05, 0.1) is 12.7 Å². The van der Waals surface area contributed by atoms with E-state index in [1.807, 2.05) is 31.0 Å². The molecule has 1 aliphatic heterocycles. The number of aromatic nitrogens is 2. The number of piperidine rings is 1. The number of carbonyl (C=O) groups excluding carboxylic acids is 1. The quantitative estimate of drug-likeness (QED) is 0.737. The average Bonchev–Trinajstić information content (AvgIpc) is 2.73. The highest BCUT2D eigenvalue weighted by Gasteiger charge is 2.23. The number of hydrogen-bond donors (Lipinski definition) is 0. The van der Waals surface area contributed by atoms with Crippen LogP contribution >= 0.6 is 0 Å². The number of benzene rings is 1. The van der Waals surface area contributed by atoms with Crippen molar-refractivity contribution in [2.45, 2.75) is 26.2 Å². The van der Waals surface area contributed by atoms with Crippen molar-refractivity contribution < 1.29 is 9.53 Å². The fourth-order valence-corrected chi connectivity index (χ4v) is 3.78. The van der Waals surface area contributed by atoms with E-state index in [0.29, 0.717) is 17.3 Å². The second-order valence-electron chi connectivity index (χ2n) is 7.61. The molecule has 1 amide bonds. The molecule has 150 valence electrons. The molecule has 0 bridgehead atoms. The zero-order valence-electron chi connectivity index (χ0n) is 17.1. The molecule has 3 rings (SSSR count). The zero-order chi connectivity index (χ0) is 19.9. The third-order valence-corrected chi connectivity index (χ3v) is 5.39. The number of rotatable bonds is 7.